The van der Waals surface area contributed by atoms with Crippen LogP contribution in [0.1, 0.15) is 5.56 Å². The van der Waals surface area contributed by atoms with Gasteiger partial charge < -0.3 is 9.84 Å². The van der Waals surface area contributed by atoms with Crippen LogP contribution in [-0.2, 0) is 19.6 Å². The zero-order chi connectivity index (χ0) is 14.9. The lowest BCUT2D eigenvalue weighted by Gasteiger charge is -2.16. The molecule has 0 amide bonds. The SMILES string of the molecule is Cc1ccc(S(=O)(=O)NC2COCC2C(=O)O)c(Br)c1. The predicted molar refractivity (Wildman–Crippen MR) is 74.9 cm³/mol. The molecule has 0 saturated carbocycles. The zero-order valence-corrected chi connectivity index (χ0v) is 13.1. The predicted octanol–water partition coefficient (Wildman–Crippen LogP) is 1.14. The number of rotatable bonds is 4. The number of benzene rings is 1. The molecule has 20 heavy (non-hydrogen) atoms. The van der Waals surface area contributed by atoms with Gasteiger partial charge in [0, 0.05) is 4.47 Å². The third-order valence-electron chi connectivity index (χ3n) is 3.08. The van der Waals surface area contributed by atoms with Crippen molar-refractivity contribution in [2.45, 2.75) is 17.9 Å². The van der Waals surface area contributed by atoms with Gasteiger partial charge >= 0.3 is 5.97 Å². The van der Waals surface area contributed by atoms with Crippen LogP contribution in [0.4, 0.5) is 0 Å². The number of carbonyl (C=O) groups is 1. The van der Waals surface area contributed by atoms with E-state index >= 15 is 0 Å². The van der Waals surface area contributed by atoms with E-state index in [1.165, 1.54) is 6.07 Å². The van der Waals surface area contributed by atoms with Gasteiger partial charge in [-0.25, -0.2) is 13.1 Å². The average molecular weight is 364 g/mol. The van der Waals surface area contributed by atoms with E-state index in [4.69, 9.17) is 9.84 Å². The van der Waals surface area contributed by atoms with Crippen LogP contribution in [0.2, 0.25) is 0 Å². The van der Waals surface area contributed by atoms with Gasteiger partial charge in [0.15, 0.2) is 0 Å². The summed E-state index contributed by atoms with van der Waals surface area (Å²) in [6, 6.07) is 4.09. The van der Waals surface area contributed by atoms with E-state index in [0.29, 0.717) is 4.47 Å². The van der Waals surface area contributed by atoms with E-state index < -0.39 is 28.0 Å². The molecule has 0 aliphatic carbocycles. The van der Waals surface area contributed by atoms with E-state index in [0.717, 1.165) is 5.56 Å². The third-order valence-corrected chi connectivity index (χ3v) is 5.55. The second-order valence-electron chi connectivity index (χ2n) is 4.64. The lowest BCUT2D eigenvalue weighted by atomic mass is 10.1. The van der Waals surface area contributed by atoms with Crippen LogP contribution in [0.5, 0.6) is 0 Å². The first-order chi connectivity index (χ1) is 9.31. The number of halogens is 1. The Labute approximate surface area is 125 Å². The van der Waals surface area contributed by atoms with Crippen LogP contribution < -0.4 is 4.72 Å². The summed E-state index contributed by atoms with van der Waals surface area (Å²) in [6.45, 7) is 1.91. The molecule has 1 heterocycles. The van der Waals surface area contributed by atoms with E-state index in [9.17, 15) is 13.2 Å². The molecular formula is C12H14BrNO5S. The summed E-state index contributed by atoms with van der Waals surface area (Å²) >= 11 is 3.21. The minimum Gasteiger partial charge on any atom is -0.481 e. The highest BCUT2D eigenvalue weighted by molar-refractivity contribution is 9.10. The van der Waals surface area contributed by atoms with Crippen molar-refractivity contribution in [2.75, 3.05) is 13.2 Å². The molecule has 0 spiro atoms. The molecule has 1 fully saturated rings. The molecule has 1 saturated heterocycles. The topological polar surface area (TPSA) is 92.7 Å². The molecule has 8 heteroatoms. The van der Waals surface area contributed by atoms with Gasteiger partial charge in [0.2, 0.25) is 10.0 Å². The summed E-state index contributed by atoms with van der Waals surface area (Å²) in [5.74, 6) is -1.94. The fourth-order valence-corrected chi connectivity index (χ4v) is 4.45. The van der Waals surface area contributed by atoms with E-state index in [1.54, 1.807) is 12.1 Å². The Morgan fingerprint density at radius 3 is 2.75 bits per heavy atom. The standard InChI is InChI=1S/C12H14BrNO5S/c1-7-2-3-11(9(13)4-7)20(17,18)14-10-6-19-5-8(10)12(15)16/h2-4,8,10,14H,5-6H2,1H3,(H,15,16). The second-order valence-corrected chi connectivity index (χ2v) is 7.18. The Hall–Kier alpha value is -0.960. The number of sulfonamides is 1. The Morgan fingerprint density at radius 2 is 2.15 bits per heavy atom. The Kier molecular flexibility index (Phi) is 4.48. The molecule has 2 atom stereocenters. The van der Waals surface area contributed by atoms with Crippen molar-refractivity contribution in [3.8, 4) is 0 Å². The maximum absolute atomic E-state index is 12.3. The van der Waals surface area contributed by atoms with E-state index in [1.807, 2.05) is 6.92 Å². The van der Waals surface area contributed by atoms with Crippen molar-refractivity contribution >= 4 is 31.9 Å². The molecule has 1 aliphatic rings. The number of nitrogens with one attached hydrogen (secondary N) is 1. The smallest absolute Gasteiger partial charge is 0.310 e. The fraction of sp³-hybridized carbons (Fsp3) is 0.417. The van der Waals surface area contributed by atoms with E-state index in [-0.39, 0.29) is 18.1 Å². The number of aryl methyl sites for hydroxylation is 1. The van der Waals surface area contributed by atoms with Crippen molar-refractivity contribution in [3.63, 3.8) is 0 Å². The van der Waals surface area contributed by atoms with Gasteiger partial charge in [-0.2, -0.15) is 0 Å². The average Bonchev–Trinajstić information content (AvgIpc) is 2.75. The van der Waals surface area contributed by atoms with Crippen molar-refractivity contribution in [2.24, 2.45) is 5.92 Å². The molecule has 2 rings (SSSR count). The van der Waals surface area contributed by atoms with Crippen molar-refractivity contribution < 1.29 is 23.1 Å². The molecule has 2 unspecified atom stereocenters. The Morgan fingerprint density at radius 1 is 1.45 bits per heavy atom. The largest absolute Gasteiger partial charge is 0.481 e. The summed E-state index contributed by atoms with van der Waals surface area (Å²) < 4.78 is 32.5. The van der Waals surface area contributed by atoms with Crippen molar-refractivity contribution in [1.29, 1.82) is 0 Å². The molecule has 1 aromatic rings. The number of hydrogen-bond donors (Lipinski definition) is 2. The first kappa shape index (κ1) is 15.4. The van der Waals surface area contributed by atoms with Crippen LogP contribution in [0.25, 0.3) is 0 Å². The summed E-state index contributed by atoms with van der Waals surface area (Å²) in [4.78, 5) is 11.1. The van der Waals surface area contributed by atoms with Crippen LogP contribution >= 0.6 is 15.9 Å². The first-order valence-corrected chi connectivity index (χ1v) is 8.18. The fourth-order valence-electron chi connectivity index (χ4n) is 2.00. The lowest BCUT2D eigenvalue weighted by Crippen LogP contribution is -2.42. The molecule has 0 radical (unpaired) electrons. The van der Waals surface area contributed by atoms with E-state index in [2.05, 4.69) is 20.7 Å². The second kappa shape index (κ2) is 5.80. The van der Waals surface area contributed by atoms with Crippen LogP contribution in [0, 0.1) is 12.8 Å². The number of ether oxygens (including phenoxy) is 1. The summed E-state index contributed by atoms with van der Waals surface area (Å²) in [5.41, 5.74) is 0.920. The molecular weight excluding hydrogens is 350 g/mol. The van der Waals surface area contributed by atoms with Gasteiger partial charge in [0.05, 0.1) is 30.1 Å². The minimum absolute atomic E-state index is 0.0115. The quantitative estimate of drug-likeness (QED) is 0.836. The Bertz CT molecular complexity index is 631. The maximum Gasteiger partial charge on any atom is 0.310 e. The van der Waals surface area contributed by atoms with Crippen molar-refractivity contribution in [1.82, 2.24) is 4.72 Å². The van der Waals surface area contributed by atoms with Crippen molar-refractivity contribution in [3.05, 3.63) is 28.2 Å². The first-order valence-electron chi connectivity index (χ1n) is 5.90. The zero-order valence-electron chi connectivity index (χ0n) is 10.7. The third kappa shape index (κ3) is 3.20. The highest BCUT2D eigenvalue weighted by atomic mass is 79.9. The molecule has 1 aliphatic heterocycles. The Balaban J connectivity index is 2.25. The molecule has 1 aromatic carbocycles. The maximum atomic E-state index is 12.3. The highest BCUT2D eigenvalue weighted by Gasteiger charge is 2.37. The van der Waals surface area contributed by atoms with Crippen LogP contribution in [0.3, 0.4) is 0 Å². The van der Waals surface area contributed by atoms with Gasteiger partial charge in [0.25, 0.3) is 0 Å². The summed E-state index contributed by atoms with van der Waals surface area (Å²) in [7, 11) is -3.80. The normalized spacial score (nSPS) is 22.9. The monoisotopic (exact) mass is 363 g/mol. The van der Waals surface area contributed by atoms with Gasteiger partial charge in [-0.05, 0) is 40.5 Å². The number of carboxylic acids is 1. The van der Waals surface area contributed by atoms with Gasteiger partial charge in [0.1, 0.15) is 0 Å². The molecule has 0 aromatic heterocycles. The minimum atomic E-state index is -3.80. The summed E-state index contributed by atoms with van der Waals surface area (Å²) in [5, 5.41) is 9.02. The lowest BCUT2D eigenvalue weighted by molar-refractivity contribution is -0.142. The molecule has 110 valence electrons. The molecule has 2 N–H and O–H groups in total. The summed E-state index contributed by atoms with van der Waals surface area (Å²) in [6.07, 6.45) is 0. The highest BCUT2D eigenvalue weighted by Crippen LogP contribution is 2.24. The van der Waals surface area contributed by atoms with Gasteiger partial charge in [-0.1, -0.05) is 6.07 Å². The molecule has 0 bridgehead atoms. The molecule has 6 nitrogen and oxygen atoms in total. The van der Waals surface area contributed by atoms with Crippen LogP contribution in [0.15, 0.2) is 27.6 Å². The number of aliphatic carboxylic acids is 1. The number of carboxylic acid groups (broad SMARTS) is 1. The van der Waals surface area contributed by atoms with Crippen LogP contribution in [-0.4, -0.2) is 38.7 Å². The van der Waals surface area contributed by atoms with Gasteiger partial charge in [-0.3, -0.25) is 4.79 Å². The van der Waals surface area contributed by atoms with Gasteiger partial charge in [-0.15, -0.1) is 0 Å². The number of hydrogen-bond acceptors (Lipinski definition) is 4.